The second-order valence-electron chi connectivity index (χ2n) is 6.51. The van der Waals surface area contributed by atoms with Gasteiger partial charge in [0.1, 0.15) is 10.7 Å². The van der Waals surface area contributed by atoms with Crippen molar-refractivity contribution >= 4 is 51.6 Å². The van der Waals surface area contributed by atoms with Gasteiger partial charge in [0, 0.05) is 30.6 Å². The highest BCUT2D eigenvalue weighted by molar-refractivity contribution is 7.99. The van der Waals surface area contributed by atoms with Crippen molar-refractivity contribution in [3.05, 3.63) is 26.6 Å². The predicted molar refractivity (Wildman–Crippen MR) is 112 cm³/mol. The molecule has 1 aliphatic heterocycles. The first kappa shape index (κ1) is 21.2. The second kappa shape index (κ2) is 8.73. The average Bonchev–Trinajstić information content (AvgIpc) is 2.87. The molecule has 1 saturated heterocycles. The van der Waals surface area contributed by atoms with E-state index in [1.165, 1.54) is 11.8 Å². The third-order valence-electron chi connectivity index (χ3n) is 4.69. The van der Waals surface area contributed by atoms with Crippen LogP contribution in [0, 0.1) is 13.8 Å². The van der Waals surface area contributed by atoms with Crippen molar-refractivity contribution in [3.63, 3.8) is 0 Å². The summed E-state index contributed by atoms with van der Waals surface area (Å²) in [5.41, 5.74) is 0.918. The monoisotopic (exact) mass is 416 g/mol. The predicted octanol–water partition coefficient (Wildman–Crippen LogP) is 2.47. The second-order valence-corrected chi connectivity index (χ2v) is 9.05. The van der Waals surface area contributed by atoms with Crippen molar-refractivity contribution in [1.82, 2.24) is 20.2 Å². The number of carbonyl (C=O) groups excluding carboxylic acids is 1. The van der Waals surface area contributed by atoms with Gasteiger partial charge in [0.25, 0.3) is 5.56 Å². The molecule has 2 aromatic heterocycles. The molecule has 144 valence electrons. The molecule has 0 aliphatic carbocycles. The number of amides is 1. The highest BCUT2D eigenvalue weighted by Gasteiger charge is 2.27. The first-order valence-corrected chi connectivity index (χ1v) is 10.4. The number of fused-ring (bicyclic) bond motifs is 1. The molecule has 26 heavy (non-hydrogen) atoms. The van der Waals surface area contributed by atoms with Crippen LogP contribution in [0.1, 0.15) is 30.1 Å². The Hall–Kier alpha value is -1.09. The zero-order chi connectivity index (χ0) is 18.1. The van der Waals surface area contributed by atoms with Crippen LogP contribution in [0.25, 0.3) is 10.2 Å². The molecule has 0 radical (unpaired) electrons. The van der Waals surface area contributed by atoms with Crippen LogP contribution in [0.4, 0.5) is 0 Å². The molecular formula is C17H25ClN4O2S2. The SMILES string of the molecule is Cc1sc2nc(CSC(C)C(=O)N3CCNC[C@H]3C)[nH]c(=O)c2c1C.Cl. The largest absolute Gasteiger partial charge is 0.336 e. The molecule has 1 amide bonds. The molecule has 6 nitrogen and oxygen atoms in total. The Balaban J connectivity index is 0.00000243. The fourth-order valence-corrected chi connectivity index (χ4v) is 4.92. The van der Waals surface area contributed by atoms with E-state index < -0.39 is 0 Å². The van der Waals surface area contributed by atoms with E-state index in [9.17, 15) is 9.59 Å². The van der Waals surface area contributed by atoms with Crippen LogP contribution in [-0.2, 0) is 10.5 Å². The highest BCUT2D eigenvalue weighted by atomic mass is 35.5. The number of carbonyl (C=O) groups is 1. The maximum absolute atomic E-state index is 12.6. The Morgan fingerprint density at radius 3 is 2.88 bits per heavy atom. The quantitative estimate of drug-likeness (QED) is 0.800. The van der Waals surface area contributed by atoms with Crippen LogP contribution in [0.5, 0.6) is 0 Å². The first-order chi connectivity index (χ1) is 11.9. The van der Waals surface area contributed by atoms with E-state index in [1.54, 1.807) is 11.3 Å². The normalized spacial score (nSPS) is 18.6. The lowest BCUT2D eigenvalue weighted by molar-refractivity contribution is -0.133. The number of rotatable bonds is 4. The Morgan fingerprint density at radius 2 is 2.19 bits per heavy atom. The van der Waals surface area contributed by atoms with Gasteiger partial charge < -0.3 is 15.2 Å². The molecule has 0 aromatic carbocycles. The van der Waals surface area contributed by atoms with Gasteiger partial charge >= 0.3 is 0 Å². The van der Waals surface area contributed by atoms with Gasteiger partial charge in [0.2, 0.25) is 5.91 Å². The number of aryl methyl sites for hydroxylation is 2. The molecule has 1 aliphatic rings. The molecular weight excluding hydrogens is 392 g/mol. The molecule has 0 saturated carbocycles. The van der Waals surface area contributed by atoms with E-state index >= 15 is 0 Å². The molecule has 3 rings (SSSR count). The molecule has 1 unspecified atom stereocenters. The summed E-state index contributed by atoms with van der Waals surface area (Å²) in [5.74, 6) is 1.32. The van der Waals surface area contributed by atoms with Crippen LogP contribution < -0.4 is 10.9 Å². The van der Waals surface area contributed by atoms with Crippen LogP contribution in [0.15, 0.2) is 4.79 Å². The molecule has 9 heteroatoms. The summed E-state index contributed by atoms with van der Waals surface area (Å²) < 4.78 is 0. The highest BCUT2D eigenvalue weighted by Crippen LogP contribution is 2.26. The topological polar surface area (TPSA) is 78.1 Å². The molecule has 2 atom stereocenters. The minimum atomic E-state index is -0.159. The molecule has 3 heterocycles. The molecule has 0 bridgehead atoms. The van der Waals surface area contributed by atoms with Crippen LogP contribution in [0.3, 0.4) is 0 Å². The van der Waals surface area contributed by atoms with E-state index in [1.807, 2.05) is 25.7 Å². The van der Waals surface area contributed by atoms with Crippen molar-refractivity contribution < 1.29 is 4.79 Å². The van der Waals surface area contributed by atoms with Crippen molar-refractivity contribution in [2.45, 2.75) is 44.7 Å². The zero-order valence-electron chi connectivity index (χ0n) is 15.4. The summed E-state index contributed by atoms with van der Waals surface area (Å²) in [6.45, 7) is 10.4. The average molecular weight is 417 g/mol. The van der Waals surface area contributed by atoms with Crippen LogP contribution in [-0.4, -0.2) is 51.7 Å². The standard InChI is InChI=1S/C17H24N4O2S2.ClH/c1-9-7-18-5-6-21(9)17(23)12(4)24-8-13-19-15(22)14-10(2)11(3)25-16(14)20-13;/h9,12,18H,5-8H2,1-4H3,(H,19,20,22);1H/t9-,12?;/m1./s1. The van der Waals surface area contributed by atoms with E-state index in [0.717, 1.165) is 34.9 Å². The Labute approximate surface area is 167 Å². The summed E-state index contributed by atoms with van der Waals surface area (Å²) in [6, 6.07) is 0.218. The maximum Gasteiger partial charge on any atom is 0.259 e. The maximum atomic E-state index is 12.6. The van der Waals surface area contributed by atoms with E-state index in [-0.39, 0.29) is 35.2 Å². The minimum Gasteiger partial charge on any atom is -0.336 e. The molecule has 1 fully saturated rings. The van der Waals surface area contributed by atoms with E-state index in [4.69, 9.17) is 0 Å². The summed E-state index contributed by atoms with van der Waals surface area (Å²) in [7, 11) is 0. The molecule has 2 aromatic rings. The minimum absolute atomic E-state index is 0. The number of halogens is 1. The first-order valence-electron chi connectivity index (χ1n) is 8.50. The number of hydrogen-bond acceptors (Lipinski definition) is 6. The van der Waals surface area contributed by atoms with Gasteiger partial charge in [0.05, 0.1) is 16.4 Å². The van der Waals surface area contributed by atoms with Crippen molar-refractivity contribution in [2.75, 3.05) is 19.6 Å². The number of piperazine rings is 1. The Bertz CT molecular complexity index is 851. The van der Waals surface area contributed by atoms with Crippen LogP contribution >= 0.6 is 35.5 Å². The van der Waals surface area contributed by atoms with Crippen molar-refractivity contribution in [3.8, 4) is 0 Å². The lowest BCUT2D eigenvalue weighted by Gasteiger charge is -2.35. The number of nitrogens with zero attached hydrogens (tertiary/aromatic N) is 2. The smallest absolute Gasteiger partial charge is 0.259 e. The van der Waals surface area contributed by atoms with Gasteiger partial charge in [-0.15, -0.1) is 35.5 Å². The van der Waals surface area contributed by atoms with Gasteiger partial charge in [-0.25, -0.2) is 4.98 Å². The number of thiophene rings is 1. The van der Waals surface area contributed by atoms with E-state index in [0.29, 0.717) is 17.0 Å². The molecule has 2 N–H and O–H groups in total. The summed E-state index contributed by atoms with van der Waals surface area (Å²) in [4.78, 5) is 36.3. The lowest BCUT2D eigenvalue weighted by Crippen LogP contribution is -2.54. The van der Waals surface area contributed by atoms with Crippen molar-refractivity contribution in [2.24, 2.45) is 0 Å². The number of thioether (sulfide) groups is 1. The summed E-state index contributed by atoms with van der Waals surface area (Å²) in [5, 5.41) is 3.83. The summed E-state index contributed by atoms with van der Waals surface area (Å²) in [6.07, 6.45) is 0. The number of H-pyrrole nitrogens is 1. The third kappa shape index (κ3) is 4.24. The summed E-state index contributed by atoms with van der Waals surface area (Å²) >= 11 is 3.07. The fraction of sp³-hybridized carbons (Fsp3) is 0.588. The fourth-order valence-electron chi connectivity index (χ4n) is 3.04. The van der Waals surface area contributed by atoms with E-state index in [2.05, 4.69) is 22.2 Å². The Kier molecular flexibility index (Phi) is 7.12. The number of nitrogens with one attached hydrogen (secondary N) is 2. The van der Waals surface area contributed by atoms with Gasteiger partial charge in [0.15, 0.2) is 0 Å². The number of aromatic nitrogens is 2. The zero-order valence-corrected chi connectivity index (χ0v) is 17.9. The molecule has 0 spiro atoms. The lowest BCUT2D eigenvalue weighted by atomic mass is 10.2. The Morgan fingerprint density at radius 1 is 1.46 bits per heavy atom. The third-order valence-corrected chi connectivity index (χ3v) is 6.93. The van der Waals surface area contributed by atoms with Gasteiger partial charge in [-0.3, -0.25) is 9.59 Å². The van der Waals surface area contributed by atoms with Crippen molar-refractivity contribution in [1.29, 1.82) is 0 Å². The van der Waals surface area contributed by atoms with Gasteiger partial charge in [-0.05, 0) is 33.3 Å². The number of aromatic amines is 1. The van der Waals surface area contributed by atoms with Crippen LogP contribution in [0.2, 0.25) is 0 Å². The van der Waals surface area contributed by atoms with Gasteiger partial charge in [-0.1, -0.05) is 0 Å². The van der Waals surface area contributed by atoms with Gasteiger partial charge in [-0.2, -0.15) is 0 Å². The number of hydrogen-bond donors (Lipinski definition) is 2.